The lowest BCUT2D eigenvalue weighted by Gasteiger charge is -2.20. The van der Waals surface area contributed by atoms with Crippen molar-refractivity contribution < 1.29 is 18.3 Å². The lowest BCUT2D eigenvalue weighted by Crippen LogP contribution is -2.26. The third kappa shape index (κ3) is 4.71. The molecule has 0 amide bonds. The molecule has 0 bridgehead atoms. The molecule has 0 aromatic heterocycles. The van der Waals surface area contributed by atoms with Crippen LogP contribution in [-0.4, -0.2) is 25.3 Å². The molecule has 8 heteroatoms. The van der Waals surface area contributed by atoms with Crippen LogP contribution in [0.15, 0.2) is 40.5 Å². The number of aryl methyl sites for hydroxylation is 1. The van der Waals surface area contributed by atoms with Gasteiger partial charge in [0.25, 0.3) is 0 Å². The Morgan fingerprint density at radius 1 is 1.31 bits per heavy atom. The molecule has 0 saturated carbocycles. The van der Waals surface area contributed by atoms with Crippen molar-refractivity contribution in [3.8, 4) is 5.75 Å². The van der Waals surface area contributed by atoms with Crippen molar-refractivity contribution in [2.24, 2.45) is 16.0 Å². The molecule has 0 radical (unpaired) electrons. The van der Waals surface area contributed by atoms with Crippen LogP contribution < -0.4 is 15.6 Å². The maximum absolute atomic E-state index is 13.9. The van der Waals surface area contributed by atoms with E-state index in [2.05, 4.69) is 10.2 Å². The van der Waals surface area contributed by atoms with Gasteiger partial charge in [0.15, 0.2) is 11.6 Å². The van der Waals surface area contributed by atoms with Crippen LogP contribution in [0.2, 0.25) is 0 Å². The smallest absolute Gasteiger partial charge is 0.208 e. The summed E-state index contributed by atoms with van der Waals surface area (Å²) in [6.45, 7) is 4.41. The fraction of sp³-hybridized carbons (Fsp3) is 0.333. The van der Waals surface area contributed by atoms with Crippen LogP contribution in [0.4, 0.5) is 14.5 Å². The van der Waals surface area contributed by atoms with Crippen molar-refractivity contribution in [3.63, 3.8) is 0 Å². The fourth-order valence-electron chi connectivity index (χ4n) is 3.09. The van der Waals surface area contributed by atoms with E-state index in [1.54, 1.807) is 7.05 Å². The van der Waals surface area contributed by atoms with Gasteiger partial charge in [-0.15, -0.1) is 5.10 Å². The Bertz CT molecular complexity index is 958. The molecule has 0 saturated heterocycles. The zero-order valence-electron chi connectivity index (χ0n) is 16.7. The average molecular weight is 402 g/mol. The number of nitrogens with zero attached hydrogens (tertiary/aromatic N) is 3. The molecule has 29 heavy (non-hydrogen) atoms. The van der Waals surface area contributed by atoms with E-state index in [0.29, 0.717) is 24.5 Å². The summed E-state index contributed by atoms with van der Waals surface area (Å²) in [5.41, 5.74) is 3.59. The van der Waals surface area contributed by atoms with Gasteiger partial charge in [-0.1, -0.05) is 19.1 Å². The number of nitrogens with two attached hydrogens (primary N) is 1. The largest absolute Gasteiger partial charge is 0.489 e. The van der Waals surface area contributed by atoms with Gasteiger partial charge < -0.3 is 14.5 Å². The Kier molecular flexibility index (Phi) is 6.43. The van der Waals surface area contributed by atoms with Crippen molar-refractivity contribution in [2.45, 2.75) is 33.3 Å². The normalized spacial score (nSPS) is 15.1. The Morgan fingerprint density at radius 3 is 2.83 bits per heavy atom. The van der Waals surface area contributed by atoms with Gasteiger partial charge in [-0.2, -0.15) is 5.10 Å². The van der Waals surface area contributed by atoms with Crippen molar-refractivity contribution in [1.29, 1.82) is 0 Å². The highest BCUT2D eigenvalue weighted by atomic mass is 19.1. The van der Waals surface area contributed by atoms with E-state index in [1.807, 2.05) is 32.0 Å². The minimum atomic E-state index is -0.749. The number of anilines is 1. The van der Waals surface area contributed by atoms with Crippen molar-refractivity contribution in [3.05, 3.63) is 58.7 Å². The van der Waals surface area contributed by atoms with Crippen LogP contribution >= 0.6 is 0 Å². The van der Waals surface area contributed by atoms with Gasteiger partial charge in [0, 0.05) is 37.1 Å². The minimum Gasteiger partial charge on any atom is -0.489 e. The highest BCUT2D eigenvalue weighted by Gasteiger charge is 2.22. The molecule has 1 heterocycles. The first-order chi connectivity index (χ1) is 13.9. The molecule has 0 fully saturated rings. The van der Waals surface area contributed by atoms with Crippen molar-refractivity contribution >= 4 is 17.3 Å². The van der Waals surface area contributed by atoms with Gasteiger partial charge in [-0.25, -0.2) is 14.6 Å². The van der Waals surface area contributed by atoms with Crippen LogP contribution in [0.1, 0.15) is 36.5 Å². The zero-order chi connectivity index (χ0) is 21.0. The first kappa shape index (κ1) is 20.7. The number of fused-ring (bicyclic) bond motifs is 1. The lowest BCUT2D eigenvalue weighted by atomic mass is 10.0. The Morgan fingerprint density at radius 2 is 2.10 bits per heavy atom. The van der Waals surface area contributed by atoms with E-state index in [1.165, 1.54) is 11.1 Å². The maximum atomic E-state index is 13.9. The summed E-state index contributed by atoms with van der Waals surface area (Å²) >= 11 is 0. The predicted octanol–water partition coefficient (Wildman–Crippen LogP) is 4.10. The topological polar surface area (TPSA) is 72.4 Å². The highest BCUT2D eigenvalue weighted by Crippen LogP contribution is 2.29. The Balaban J connectivity index is 1.83. The molecule has 2 aromatic carbocycles. The summed E-state index contributed by atoms with van der Waals surface area (Å²) in [5.74, 6) is 4.88. The molecule has 2 N–H and O–H groups in total. The number of hydrogen-bond acceptors (Lipinski definition) is 6. The van der Waals surface area contributed by atoms with Crippen LogP contribution in [0.5, 0.6) is 5.75 Å². The fourth-order valence-corrected chi connectivity index (χ4v) is 3.09. The van der Waals surface area contributed by atoms with Gasteiger partial charge in [0.2, 0.25) is 5.90 Å². The molecule has 1 aliphatic rings. The first-order valence-electron chi connectivity index (χ1n) is 9.36. The minimum absolute atomic E-state index is 0.00102. The number of ether oxygens (including phenoxy) is 2. The van der Waals surface area contributed by atoms with E-state index in [0.717, 1.165) is 22.9 Å². The molecule has 0 atom stereocenters. The van der Waals surface area contributed by atoms with Gasteiger partial charge in [-0.05, 0) is 24.6 Å². The van der Waals surface area contributed by atoms with Crippen LogP contribution in [0.3, 0.4) is 0 Å². The van der Waals surface area contributed by atoms with Crippen molar-refractivity contribution in [1.82, 2.24) is 0 Å². The zero-order valence-corrected chi connectivity index (χ0v) is 16.7. The second kappa shape index (κ2) is 9.00. The molecule has 0 unspecified atom stereocenters. The van der Waals surface area contributed by atoms with Crippen LogP contribution in [-0.2, 0) is 11.3 Å². The quantitative estimate of drug-likeness (QED) is 0.354. The third-order valence-corrected chi connectivity index (χ3v) is 4.64. The van der Waals surface area contributed by atoms with Crippen LogP contribution in [0, 0.1) is 18.6 Å². The molecule has 3 rings (SSSR count). The Hall–Kier alpha value is -3.00. The molecule has 154 valence electrons. The molecule has 1 aliphatic heterocycles. The summed E-state index contributed by atoms with van der Waals surface area (Å²) in [6.07, 6.45) is 0.910. The number of hydrazine groups is 1. The molecular weight excluding hydrogens is 378 g/mol. The number of hydrogen-bond donors (Lipinski definition) is 1. The second-order valence-corrected chi connectivity index (χ2v) is 6.73. The lowest BCUT2D eigenvalue weighted by molar-refractivity contribution is 0.283. The van der Waals surface area contributed by atoms with E-state index in [4.69, 9.17) is 15.3 Å². The standard InChI is InChI=1S/C21H24F2N4O2/c1-4-20(29-12-16-13(2)6-5-7-19(16)27(3)24)26-25-18-8-9-28-21-15(18)10-14(22)11-17(21)23/h5-7,10-11H,4,8-9,12,24H2,1-3H3/b25-18?,26-20-. The molecular formula is C21H24F2N4O2. The van der Waals surface area contributed by atoms with E-state index in [9.17, 15) is 8.78 Å². The SMILES string of the molecule is CC/C(=N/N=C1CCOc2c(F)cc(F)cc21)OCc1c(C)cccc1N(C)N. The summed E-state index contributed by atoms with van der Waals surface area (Å²) in [4.78, 5) is 0. The maximum Gasteiger partial charge on any atom is 0.208 e. The van der Waals surface area contributed by atoms with E-state index < -0.39 is 11.6 Å². The number of halogens is 2. The first-order valence-corrected chi connectivity index (χ1v) is 9.36. The number of rotatable bonds is 5. The predicted molar refractivity (Wildman–Crippen MR) is 109 cm³/mol. The summed E-state index contributed by atoms with van der Waals surface area (Å²) < 4.78 is 38.7. The van der Waals surface area contributed by atoms with Gasteiger partial charge in [0.1, 0.15) is 12.4 Å². The van der Waals surface area contributed by atoms with Gasteiger partial charge in [0.05, 0.1) is 18.0 Å². The van der Waals surface area contributed by atoms with E-state index in [-0.39, 0.29) is 24.5 Å². The average Bonchev–Trinajstić information content (AvgIpc) is 2.69. The van der Waals surface area contributed by atoms with Crippen molar-refractivity contribution in [2.75, 3.05) is 18.7 Å². The highest BCUT2D eigenvalue weighted by molar-refractivity contribution is 6.04. The summed E-state index contributed by atoms with van der Waals surface area (Å²) in [5, 5.41) is 9.92. The second-order valence-electron chi connectivity index (χ2n) is 6.73. The van der Waals surface area contributed by atoms with Gasteiger partial charge in [-0.3, -0.25) is 0 Å². The third-order valence-electron chi connectivity index (χ3n) is 4.64. The molecule has 6 nitrogen and oxygen atoms in total. The summed E-state index contributed by atoms with van der Waals surface area (Å²) in [7, 11) is 1.76. The molecule has 0 aliphatic carbocycles. The summed E-state index contributed by atoms with van der Waals surface area (Å²) in [6, 6.07) is 7.82. The van der Waals surface area contributed by atoms with E-state index >= 15 is 0 Å². The molecule has 2 aromatic rings. The Labute approximate surface area is 168 Å². The number of benzene rings is 2. The monoisotopic (exact) mass is 402 g/mol. The van der Waals surface area contributed by atoms with Gasteiger partial charge >= 0.3 is 0 Å². The molecule has 0 spiro atoms. The van der Waals surface area contributed by atoms with Crippen LogP contribution in [0.25, 0.3) is 0 Å².